The number of anilines is 2. The Morgan fingerprint density at radius 1 is 0.923 bits per heavy atom. The minimum absolute atomic E-state index is 0.102. The van der Waals surface area contributed by atoms with Crippen LogP contribution in [0.2, 0.25) is 0 Å². The van der Waals surface area contributed by atoms with Gasteiger partial charge in [0.25, 0.3) is 11.8 Å². The second-order valence-electron chi connectivity index (χ2n) is 8.43. The molecule has 0 fully saturated rings. The van der Waals surface area contributed by atoms with Crippen molar-refractivity contribution in [1.82, 2.24) is 5.32 Å². The van der Waals surface area contributed by atoms with E-state index < -0.39 is 17.1 Å². The van der Waals surface area contributed by atoms with Gasteiger partial charge in [-0.3, -0.25) is 14.4 Å². The Kier molecular flexibility index (Phi) is 9.66. The Bertz CT molecular complexity index is 1460. The highest BCUT2D eigenvalue weighted by atomic mass is 32.2. The summed E-state index contributed by atoms with van der Waals surface area (Å²) in [5.41, 5.74) is 2.36. The van der Waals surface area contributed by atoms with E-state index in [4.69, 9.17) is 0 Å². The van der Waals surface area contributed by atoms with Gasteiger partial charge in [0.15, 0.2) is 0 Å². The summed E-state index contributed by atoms with van der Waals surface area (Å²) in [4.78, 5) is 39.6. The highest BCUT2D eigenvalue weighted by Gasteiger charge is 2.19. The topological polar surface area (TPSA) is 87.3 Å². The zero-order valence-electron chi connectivity index (χ0n) is 21.0. The Labute approximate surface area is 234 Å². The predicted octanol–water partition coefficient (Wildman–Crippen LogP) is 6.81. The first-order valence-corrected chi connectivity index (χ1v) is 14.0. The summed E-state index contributed by atoms with van der Waals surface area (Å²) < 4.78 is 13.2. The van der Waals surface area contributed by atoms with Crippen LogP contribution < -0.4 is 16.0 Å². The first-order chi connectivity index (χ1) is 18.9. The number of carbonyl (C=O) groups is 3. The molecular weight excluding hydrogens is 533 g/mol. The Balaban J connectivity index is 1.46. The number of rotatable bonds is 10. The van der Waals surface area contributed by atoms with Crippen LogP contribution in [0.3, 0.4) is 0 Å². The van der Waals surface area contributed by atoms with Gasteiger partial charge in [0.2, 0.25) is 5.91 Å². The van der Waals surface area contributed by atoms with E-state index in [1.165, 1.54) is 47.4 Å². The largest absolute Gasteiger partial charge is 0.325 e. The maximum absolute atomic E-state index is 13.2. The summed E-state index contributed by atoms with van der Waals surface area (Å²) in [6, 6.07) is 23.3. The molecule has 198 valence electrons. The quantitative estimate of drug-likeness (QED) is 0.147. The lowest BCUT2D eigenvalue weighted by atomic mass is 10.2. The van der Waals surface area contributed by atoms with Crippen molar-refractivity contribution in [1.29, 1.82) is 0 Å². The number of hydrogen-bond donors (Lipinski definition) is 3. The number of hydrogen-bond acceptors (Lipinski definition) is 5. The molecule has 3 amide bonds. The van der Waals surface area contributed by atoms with Gasteiger partial charge in [0.1, 0.15) is 11.5 Å². The summed E-state index contributed by atoms with van der Waals surface area (Å²) in [6.07, 6.45) is 2.19. The summed E-state index contributed by atoms with van der Waals surface area (Å²) in [5, 5.41) is 11.7. The molecule has 1 atom stereocenters. The molecule has 0 saturated carbocycles. The van der Waals surface area contributed by atoms with Crippen LogP contribution in [-0.4, -0.2) is 23.0 Å². The third-order valence-corrected chi connectivity index (χ3v) is 7.59. The second kappa shape index (κ2) is 13.5. The zero-order valence-corrected chi connectivity index (χ0v) is 22.7. The van der Waals surface area contributed by atoms with Crippen molar-refractivity contribution < 1.29 is 18.8 Å². The first-order valence-electron chi connectivity index (χ1n) is 12.2. The molecule has 6 nitrogen and oxygen atoms in total. The van der Waals surface area contributed by atoms with Crippen LogP contribution in [-0.2, 0) is 9.59 Å². The molecular formula is C30H26FN3O3S2. The predicted molar refractivity (Wildman–Crippen MR) is 156 cm³/mol. The molecule has 3 N–H and O–H groups in total. The maximum atomic E-state index is 13.2. The molecule has 3 aromatic carbocycles. The van der Waals surface area contributed by atoms with E-state index in [2.05, 4.69) is 16.0 Å². The first kappa shape index (κ1) is 27.8. The fourth-order valence-corrected chi connectivity index (χ4v) is 5.19. The molecule has 0 aliphatic carbocycles. The number of nitrogens with one attached hydrogen (secondary N) is 3. The third kappa shape index (κ3) is 8.13. The van der Waals surface area contributed by atoms with Gasteiger partial charge in [-0.25, -0.2) is 4.39 Å². The Morgan fingerprint density at radius 2 is 1.69 bits per heavy atom. The highest BCUT2D eigenvalue weighted by molar-refractivity contribution is 8.00. The summed E-state index contributed by atoms with van der Waals surface area (Å²) in [5.74, 6) is -1.45. The molecule has 4 aromatic rings. The lowest BCUT2D eigenvalue weighted by molar-refractivity contribution is -0.116. The second-order valence-corrected chi connectivity index (χ2v) is 10.5. The van der Waals surface area contributed by atoms with Crippen LogP contribution >= 0.6 is 23.1 Å². The summed E-state index contributed by atoms with van der Waals surface area (Å²) in [6.45, 7) is 1.91. The van der Waals surface area contributed by atoms with Crippen molar-refractivity contribution in [2.24, 2.45) is 0 Å². The van der Waals surface area contributed by atoms with Crippen molar-refractivity contribution in [3.8, 4) is 0 Å². The van der Waals surface area contributed by atoms with Gasteiger partial charge < -0.3 is 16.0 Å². The molecule has 0 radical (unpaired) electrons. The average Bonchev–Trinajstić information content (AvgIpc) is 3.46. The highest BCUT2D eigenvalue weighted by Crippen LogP contribution is 2.29. The zero-order chi connectivity index (χ0) is 27.6. The van der Waals surface area contributed by atoms with E-state index in [0.717, 1.165) is 10.5 Å². The van der Waals surface area contributed by atoms with E-state index in [-0.39, 0.29) is 17.4 Å². The molecule has 0 aliphatic heterocycles. The number of thiophene rings is 1. The molecule has 1 aromatic heterocycles. The van der Waals surface area contributed by atoms with Gasteiger partial charge >= 0.3 is 0 Å². The smallest absolute Gasteiger partial charge is 0.272 e. The third-order valence-electron chi connectivity index (χ3n) is 5.53. The molecule has 0 bridgehead atoms. The van der Waals surface area contributed by atoms with Crippen molar-refractivity contribution >= 4 is 58.3 Å². The van der Waals surface area contributed by atoms with Crippen molar-refractivity contribution in [2.75, 3.05) is 10.6 Å². The molecule has 1 unspecified atom stereocenters. The normalized spacial score (nSPS) is 11.9. The van der Waals surface area contributed by atoms with Crippen LogP contribution in [0, 0.1) is 5.82 Å². The number of thioether (sulfide) groups is 1. The van der Waals surface area contributed by atoms with Gasteiger partial charge in [0.05, 0.1) is 5.25 Å². The Morgan fingerprint density at radius 3 is 2.38 bits per heavy atom. The summed E-state index contributed by atoms with van der Waals surface area (Å²) >= 11 is 2.84. The van der Waals surface area contributed by atoms with Crippen LogP contribution in [0.15, 0.2) is 106 Å². The van der Waals surface area contributed by atoms with Crippen LogP contribution in [0.1, 0.15) is 29.3 Å². The average molecular weight is 560 g/mol. The minimum atomic E-state index is -0.478. The molecule has 39 heavy (non-hydrogen) atoms. The fourth-order valence-electron chi connectivity index (χ4n) is 3.55. The molecule has 9 heteroatoms. The van der Waals surface area contributed by atoms with Crippen LogP contribution in [0.4, 0.5) is 15.8 Å². The SMILES string of the molecule is CCC(Sc1cccc(NC(=O)/C(=C/c2ccsc2)NC(=O)c2ccccc2)c1)C(=O)Nc1ccc(F)cc1. The van der Waals surface area contributed by atoms with Crippen molar-refractivity contribution in [3.63, 3.8) is 0 Å². The van der Waals surface area contributed by atoms with Gasteiger partial charge in [-0.15, -0.1) is 11.8 Å². The van der Waals surface area contributed by atoms with Crippen molar-refractivity contribution in [2.45, 2.75) is 23.5 Å². The van der Waals surface area contributed by atoms with E-state index in [1.807, 2.05) is 35.9 Å². The standard InChI is InChI=1S/C30H26FN3O3S2/c1-2-27(30(37)32-23-13-11-22(31)12-14-23)39-25-10-6-9-24(18-25)33-29(36)26(17-20-15-16-38-19-20)34-28(35)21-7-4-3-5-8-21/h3-19,27H,2H2,1H3,(H,32,37)(H,33,36)(H,34,35)/b26-17-. The van der Waals surface area contributed by atoms with Crippen LogP contribution in [0.25, 0.3) is 6.08 Å². The maximum Gasteiger partial charge on any atom is 0.272 e. The van der Waals surface area contributed by atoms with Gasteiger partial charge in [-0.1, -0.05) is 31.2 Å². The number of carbonyl (C=O) groups excluding carboxylic acids is 3. The van der Waals surface area contributed by atoms with Gasteiger partial charge in [-0.2, -0.15) is 11.3 Å². The van der Waals surface area contributed by atoms with E-state index in [1.54, 1.807) is 48.5 Å². The van der Waals surface area contributed by atoms with Gasteiger partial charge in [-0.05, 0) is 89.5 Å². The molecule has 0 spiro atoms. The van der Waals surface area contributed by atoms with Crippen LogP contribution in [0.5, 0.6) is 0 Å². The molecule has 4 rings (SSSR count). The lowest BCUT2D eigenvalue weighted by Gasteiger charge is -2.16. The molecule has 1 heterocycles. The van der Waals surface area contributed by atoms with E-state index >= 15 is 0 Å². The van der Waals surface area contributed by atoms with E-state index in [9.17, 15) is 18.8 Å². The lowest BCUT2D eigenvalue weighted by Crippen LogP contribution is -2.30. The monoisotopic (exact) mass is 559 g/mol. The number of halogens is 1. The van der Waals surface area contributed by atoms with Gasteiger partial charge in [0, 0.05) is 21.8 Å². The minimum Gasteiger partial charge on any atom is -0.325 e. The molecule has 0 saturated heterocycles. The summed E-state index contributed by atoms with van der Waals surface area (Å²) in [7, 11) is 0. The van der Waals surface area contributed by atoms with E-state index in [0.29, 0.717) is 23.4 Å². The fraction of sp³-hybridized carbons (Fsp3) is 0.100. The number of amides is 3. The number of benzene rings is 3. The molecule has 0 aliphatic rings. The Hall–Kier alpha value is -4.21. The van der Waals surface area contributed by atoms with Crippen molar-refractivity contribution in [3.05, 3.63) is 118 Å².